The van der Waals surface area contributed by atoms with Crippen molar-refractivity contribution in [1.29, 1.82) is 0 Å². The molecule has 70 valence electrons. The maximum atomic E-state index is 10.7. The number of nitrogens with two attached hydrogens (primary N) is 2. The number of ether oxygens (including phenoxy) is 1. The van der Waals surface area contributed by atoms with Crippen molar-refractivity contribution >= 4 is 5.91 Å². The fourth-order valence-electron chi connectivity index (χ4n) is 1.55. The Hall–Kier alpha value is -0.610. The van der Waals surface area contributed by atoms with Gasteiger partial charge in [-0.3, -0.25) is 4.79 Å². The summed E-state index contributed by atoms with van der Waals surface area (Å²) >= 11 is 0. The van der Waals surface area contributed by atoms with E-state index in [1.807, 2.05) is 0 Å². The third-order valence-electron chi connectivity index (χ3n) is 2.23. The SMILES string of the molecule is NC(=O)CC1(N)CCCOCC1. The average molecular weight is 172 g/mol. The molecule has 1 heterocycles. The second-order valence-electron chi connectivity index (χ2n) is 3.47. The highest BCUT2D eigenvalue weighted by molar-refractivity contribution is 5.75. The maximum Gasteiger partial charge on any atom is 0.219 e. The van der Waals surface area contributed by atoms with Gasteiger partial charge in [-0.1, -0.05) is 0 Å². The van der Waals surface area contributed by atoms with Crippen molar-refractivity contribution in [3.8, 4) is 0 Å². The van der Waals surface area contributed by atoms with Crippen LogP contribution in [0.2, 0.25) is 0 Å². The Labute approximate surface area is 72.2 Å². The molecule has 1 amide bonds. The molecule has 1 fully saturated rings. The zero-order valence-corrected chi connectivity index (χ0v) is 7.21. The molecule has 12 heavy (non-hydrogen) atoms. The van der Waals surface area contributed by atoms with Crippen LogP contribution in [-0.4, -0.2) is 24.7 Å². The third kappa shape index (κ3) is 2.79. The molecule has 0 bridgehead atoms. The van der Waals surface area contributed by atoms with E-state index in [1.165, 1.54) is 0 Å². The van der Waals surface area contributed by atoms with Crippen molar-refractivity contribution in [3.05, 3.63) is 0 Å². The fourth-order valence-corrected chi connectivity index (χ4v) is 1.55. The Morgan fingerprint density at radius 2 is 2.17 bits per heavy atom. The van der Waals surface area contributed by atoms with Crippen molar-refractivity contribution in [2.75, 3.05) is 13.2 Å². The molecule has 4 nitrogen and oxygen atoms in total. The molecule has 0 aromatic heterocycles. The van der Waals surface area contributed by atoms with Crippen LogP contribution in [0.1, 0.15) is 25.7 Å². The van der Waals surface area contributed by atoms with Crippen molar-refractivity contribution < 1.29 is 9.53 Å². The number of primary amides is 1. The van der Waals surface area contributed by atoms with E-state index in [2.05, 4.69) is 0 Å². The van der Waals surface area contributed by atoms with Gasteiger partial charge in [0.1, 0.15) is 0 Å². The van der Waals surface area contributed by atoms with Crippen LogP contribution in [0.3, 0.4) is 0 Å². The Balaban J connectivity index is 2.48. The molecule has 0 radical (unpaired) electrons. The first-order chi connectivity index (χ1) is 5.62. The molecule has 4 heteroatoms. The Bertz CT molecular complexity index is 162. The topological polar surface area (TPSA) is 78.3 Å². The minimum absolute atomic E-state index is 0.274. The first kappa shape index (κ1) is 9.48. The first-order valence-electron chi connectivity index (χ1n) is 4.27. The van der Waals surface area contributed by atoms with E-state index in [0.29, 0.717) is 6.61 Å². The molecule has 0 aromatic carbocycles. The van der Waals surface area contributed by atoms with Crippen LogP contribution in [-0.2, 0) is 9.53 Å². The molecule has 0 aliphatic carbocycles. The van der Waals surface area contributed by atoms with Gasteiger partial charge in [-0.25, -0.2) is 0 Å². The monoisotopic (exact) mass is 172 g/mol. The summed E-state index contributed by atoms with van der Waals surface area (Å²) in [6.45, 7) is 1.39. The maximum absolute atomic E-state index is 10.7. The molecule has 1 atom stereocenters. The number of amides is 1. The van der Waals surface area contributed by atoms with Crippen LogP contribution in [0.25, 0.3) is 0 Å². The molecular weight excluding hydrogens is 156 g/mol. The van der Waals surface area contributed by atoms with Gasteiger partial charge in [0.05, 0.1) is 0 Å². The molecule has 4 N–H and O–H groups in total. The summed E-state index contributed by atoms with van der Waals surface area (Å²) in [5, 5.41) is 0. The highest BCUT2D eigenvalue weighted by Gasteiger charge is 2.28. The average Bonchev–Trinajstić information content (AvgIpc) is 2.12. The quantitative estimate of drug-likeness (QED) is 0.603. The normalized spacial score (nSPS) is 31.1. The summed E-state index contributed by atoms with van der Waals surface area (Å²) in [5.74, 6) is -0.320. The summed E-state index contributed by atoms with van der Waals surface area (Å²) in [6, 6.07) is 0. The smallest absolute Gasteiger partial charge is 0.219 e. The largest absolute Gasteiger partial charge is 0.381 e. The lowest BCUT2D eigenvalue weighted by molar-refractivity contribution is -0.119. The van der Waals surface area contributed by atoms with Gasteiger partial charge in [-0.15, -0.1) is 0 Å². The van der Waals surface area contributed by atoms with Crippen LogP contribution in [0.4, 0.5) is 0 Å². The summed E-state index contributed by atoms with van der Waals surface area (Å²) in [4.78, 5) is 10.7. The summed E-state index contributed by atoms with van der Waals surface area (Å²) in [5.41, 5.74) is 10.7. The zero-order chi connectivity index (χ0) is 9.03. The van der Waals surface area contributed by atoms with Gasteiger partial charge in [0.15, 0.2) is 0 Å². The molecule has 0 saturated carbocycles. The minimum atomic E-state index is -0.414. The Morgan fingerprint density at radius 1 is 1.42 bits per heavy atom. The fraction of sp³-hybridized carbons (Fsp3) is 0.875. The van der Waals surface area contributed by atoms with E-state index in [4.69, 9.17) is 16.2 Å². The first-order valence-corrected chi connectivity index (χ1v) is 4.27. The lowest BCUT2D eigenvalue weighted by Crippen LogP contribution is -2.43. The van der Waals surface area contributed by atoms with Gasteiger partial charge in [-0.05, 0) is 19.3 Å². The van der Waals surface area contributed by atoms with Crippen molar-refractivity contribution in [3.63, 3.8) is 0 Å². The van der Waals surface area contributed by atoms with Gasteiger partial charge >= 0.3 is 0 Å². The standard InChI is InChI=1S/C8H16N2O2/c9-7(11)6-8(10)2-1-4-12-5-3-8/h1-6,10H2,(H2,9,11). The van der Waals surface area contributed by atoms with Gasteiger partial charge in [0.2, 0.25) is 5.91 Å². The highest BCUT2D eigenvalue weighted by Crippen LogP contribution is 2.21. The van der Waals surface area contributed by atoms with Crippen LogP contribution < -0.4 is 11.5 Å². The van der Waals surface area contributed by atoms with Gasteiger partial charge in [0, 0.05) is 25.2 Å². The van der Waals surface area contributed by atoms with Crippen LogP contribution >= 0.6 is 0 Å². The van der Waals surface area contributed by atoms with E-state index in [-0.39, 0.29) is 12.3 Å². The number of carbonyl (C=O) groups is 1. The molecule has 1 aliphatic heterocycles. The van der Waals surface area contributed by atoms with Gasteiger partial charge in [0.25, 0.3) is 0 Å². The lowest BCUT2D eigenvalue weighted by Gasteiger charge is -2.25. The van der Waals surface area contributed by atoms with Gasteiger partial charge in [-0.2, -0.15) is 0 Å². The van der Waals surface area contributed by atoms with Crippen LogP contribution in [0, 0.1) is 0 Å². The molecule has 0 aromatic rings. The molecular formula is C8H16N2O2. The second-order valence-corrected chi connectivity index (χ2v) is 3.47. The Morgan fingerprint density at radius 3 is 2.83 bits per heavy atom. The lowest BCUT2D eigenvalue weighted by atomic mass is 9.88. The highest BCUT2D eigenvalue weighted by atomic mass is 16.5. The summed E-state index contributed by atoms with van der Waals surface area (Å²) in [6.07, 6.45) is 2.76. The predicted molar refractivity (Wildman–Crippen MR) is 45.4 cm³/mol. The zero-order valence-electron chi connectivity index (χ0n) is 7.21. The number of rotatable bonds is 2. The van der Waals surface area contributed by atoms with Gasteiger partial charge < -0.3 is 16.2 Å². The summed E-state index contributed by atoms with van der Waals surface area (Å²) in [7, 11) is 0. The van der Waals surface area contributed by atoms with E-state index in [1.54, 1.807) is 0 Å². The minimum Gasteiger partial charge on any atom is -0.381 e. The number of hydrogen-bond acceptors (Lipinski definition) is 3. The van der Waals surface area contributed by atoms with E-state index < -0.39 is 5.54 Å². The van der Waals surface area contributed by atoms with E-state index >= 15 is 0 Å². The molecule has 0 spiro atoms. The van der Waals surface area contributed by atoms with E-state index in [9.17, 15) is 4.79 Å². The second kappa shape index (κ2) is 3.87. The van der Waals surface area contributed by atoms with Crippen molar-refractivity contribution in [2.24, 2.45) is 11.5 Å². The van der Waals surface area contributed by atoms with E-state index in [0.717, 1.165) is 25.9 Å². The Kier molecular flexibility index (Phi) is 3.05. The van der Waals surface area contributed by atoms with Crippen LogP contribution in [0.15, 0.2) is 0 Å². The van der Waals surface area contributed by atoms with Crippen molar-refractivity contribution in [2.45, 2.75) is 31.2 Å². The molecule has 1 saturated heterocycles. The predicted octanol–water partition coefficient (Wildman–Crippen LogP) is -0.240. The number of hydrogen-bond donors (Lipinski definition) is 2. The molecule has 1 rings (SSSR count). The van der Waals surface area contributed by atoms with Crippen molar-refractivity contribution in [1.82, 2.24) is 0 Å². The number of carbonyl (C=O) groups excluding carboxylic acids is 1. The molecule has 1 unspecified atom stereocenters. The third-order valence-corrected chi connectivity index (χ3v) is 2.23. The molecule has 1 aliphatic rings. The summed E-state index contributed by atoms with van der Waals surface area (Å²) < 4.78 is 5.24. The van der Waals surface area contributed by atoms with Crippen LogP contribution in [0.5, 0.6) is 0 Å².